The fourth-order valence-electron chi connectivity index (χ4n) is 21.5. The predicted molar refractivity (Wildman–Crippen MR) is 482 cm³/mol. The van der Waals surface area contributed by atoms with Crippen molar-refractivity contribution in [2.45, 2.75) is 274 Å². The predicted octanol–water partition coefficient (Wildman–Crippen LogP) is 7.55. The number of fused-ring (bicyclic) bond motifs is 6. The van der Waals surface area contributed by atoms with Gasteiger partial charge in [-0.25, -0.2) is 4.79 Å². The van der Waals surface area contributed by atoms with E-state index in [1.807, 2.05) is 43.6 Å². The number of Topliss-reactive ketones (excluding diaryl/α,β-unsaturated/α-hetero) is 1. The Morgan fingerprint density at radius 1 is 0.704 bits per heavy atom. The van der Waals surface area contributed by atoms with Crippen molar-refractivity contribution < 1.29 is 72.8 Å². The van der Waals surface area contributed by atoms with Gasteiger partial charge in [0.15, 0.2) is 5.78 Å². The van der Waals surface area contributed by atoms with Crippen LogP contribution in [0.1, 0.15) is 188 Å². The smallest absolute Gasteiger partial charge is 0.407 e. The molecule has 5 heterocycles. The number of aliphatic hydroxyl groups is 3. The maximum Gasteiger partial charge on any atom is 0.407 e. The van der Waals surface area contributed by atoms with E-state index in [2.05, 4.69) is 93.9 Å². The van der Waals surface area contributed by atoms with E-state index in [0.717, 1.165) is 70.1 Å². The minimum atomic E-state index is -1.74. The summed E-state index contributed by atoms with van der Waals surface area (Å²) in [6.07, 6.45) is 28.8. The van der Waals surface area contributed by atoms with Gasteiger partial charge in [-0.2, -0.15) is 0 Å². The molecule has 125 heavy (non-hydrogen) atoms. The fraction of sp³-hybridized carbons (Fsp3) is 0.632. The molecule has 12 rings (SSSR count). The summed E-state index contributed by atoms with van der Waals surface area (Å²) in [7, 11) is 3.76. The number of unbranched alkanes of at least 4 members (excludes halogenated alkanes) is 1. The van der Waals surface area contributed by atoms with Crippen LogP contribution in [0.2, 0.25) is 0 Å². The number of hydrogen-bond donors (Lipinski definition) is 13. The zero-order valence-electron chi connectivity index (χ0n) is 74.0. The van der Waals surface area contributed by atoms with E-state index >= 15 is 24.0 Å². The van der Waals surface area contributed by atoms with Crippen LogP contribution in [0.25, 0.3) is 0 Å². The number of rotatable bonds is 28. The first-order chi connectivity index (χ1) is 60.0. The minimum Gasteiger partial charge on any atom is -0.446 e. The highest BCUT2D eigenvalue weighted by atomic mass is 33.1. The molecule has 0 aromatic heterocycles. The zero-order chi connectivity index (χ0) is 89.2. The summed E-state index contributed by atoms with van der Waals surface area (Å²) in [5.74, 6) is -3.68. The van der Waals surface area contributed by atoms with Crippen molar-refractivity contribution in [2.75, 3.05) is 51.3 Å². The standard InChI is InChI=1S/C95H135N13O15S2/c1-57(2)23-19-24-58(3)69-37-38-70-68-36-35-65-50-66(39-41-94(65,6)71(68)40-42-95(69,70)7)123-93(122)96-43-18-17-32-73-84(113)105-83(60(5)111)90(119)104-79(88(117)102-77(54-109)59(4)110)56-125-124-55-78(87(116)100-75(47-61-25-11-9-12-26-61)85(114)99-74(82(112)52-98-73)49-64-51-97-72-31-16-15-30-67(64)72)103-86(115)76(48-62-27-13-10-14-28-62)101-89(118)80-33-21-45-107(80)92(121)81-34-22-46-108(81)91(120)63-29-20-44-106(8)53-63/h9-16,20,25-28,30-31,35,44,51,53,57-60,66-81,83,97-98,109-111H,17-19,21-24,29,32-34,36-43,45-50,52,54-56H2,1-8H3,(H,96,122)(H,99,114)(H,100,116)(H,101,118)(H,102,117)(H,103,115)(H,104,119)(H,105,113)/t58?,59?,60?,66-,67?,68?,69?,70?,71?,72?,73?,74?,75?,76?,77?,78?,79?,80?,81?,83?,94?,95?/m0/s1. The number of carbonyl (C=O) groups excluding carboxylic acids is 11. The molecule has 28 nitrogen and oxygen atoms in total. The number of nitrogens with zero attached hydrogens (tertiary/aromatic N) is 3. The highest BCUT2D eigenvalue weighted by molar-refractivity contribution is 8.76. The van der Waals surface area contributed by atoms with Crippen molar-refractivity contribution in [2.24, 2.45) is 52.3 Å². The Kier molecular flexibility index (Phi) is 33.8. The average molecular weight is 1760 g/mol. The Morgan fingerprint density at radius 2 is 1.42 bits per heavy atom. The summed E-state index contributed by atoms with van der Waals surface area (Å²) < 4.78 is 6.18. The summed E-state index contributed by atoms with van der Waals surface area (Å²) >= 11 is 0. The molecule has 3 saturated carbocycles. The van der Waals surface area contributed by atoms with Gasteiger partial charge >= 0.3 is 6.09 Å². The van der Waals surface area contributed by atoms with Gasteiger partial charge in [0.05, 0.1) is 49.5 Å². The Bertz CT molecular complexity index is 4330. The lowest BCUT2D eigenvalue weighted by atomic mass is 9.47. The average Bonchev–Trinajstić information content (AvgIpc) is 1.64. The molecule has 10 amide bonds. The van der Waals surface area contributed by atoms with Gasteiger partial charge in [0.25, 0.3) is 5.91 Å². The molecule has 0 radical (unpaired) electrons. The second kappa shape index (κ2) is 44.3. The Hall–Kier alpha value is -8.81. The molecule has 3 saturated heterocycles. The first-order valence-corrected chi connectivity index (χ1v) is 48.3. The first-order valence-electron chi connectivity index (χ1n) is 45.8. The van der Waals surface area contributed by atoms with E-state index in [9.17, 15) is 44.1 Å². The lowest BCUT2D eigenvalue weighted by molar-refractivity contribution is -0.146. The van der Waals surface area contributed by atoms with Crippen LogP contribution in [-0.4, -0.2) is 231 Å². The summed E-state index contributed by atoms with van der Waals surface area (Å²) in [5.41, 5.74) is 4.37. The number of likely N-dealkylation sites (tertiary alicyclic amines) is 2. The van der Waals surface area contributed by atoms with Crippen LogP contribution >= 0.6 is 21.6 Å². The van der Waals surface area contributed by atoms with Gasteiger partial charge in [-0.05, 0) is 192 Å². The molecule has 21 unspecified atom stereocenters. The fourth-order valence-corrected chi connectivity index (χ4v) is 23.8. The quantitative estimate of drug-likeness (QED) is 0.0222. The van der Waals surface area contributed by atoms with Gasteiger partial charge in [0.1, 0.15) is 48.4 Å². The molecule has 2 aromatic carbocycles. The molecule has 2 aromatic rings. The van der Waals surface area contributed by atoms with Gasteiger partial charge in [-0.1, -0.05) is 178 Å². The number of nitrogens with one attached hydrogen (secondary N) is 10. The van der Waals surface area contributed by atoms with Crippen molar-refractivity contribution >= 4 is 86.6 Å². The zero-order valence-corrected chi connectivity index (χ0v) is 75.6. The van der Waals surface area contributed by atoms with Gasteiger partial charge in [0, 0.05) is 75.1 Å². The Labute approximate surface area is 744 Å². The molecule has 0 spiro atoms. The van der Waals surface area contributed by atoms with E-state index in [-0.39, 0.29) is 98.4 Å². The summed E-state index contributed by atoms with van der Waals surface area (Å²) in [5, 5.41) is 61.4. The first kappa shape index (κ1) is 95.3. The second-order valence-corrected chi connectivity index (χ2v) is 40.1. The lowest BCUT2D eigenvalue weighted by Crippen LogP contribution is -2.61. The molecule has 0 bridgehead atoms. The number of hydrogen-bond acceptors (Lipinski definition) is 20. The third kappa shape index (κ3) is 24.2. The van der Waals surface area contributed by atoms with E-state index in [1.165, 1.54) is 69.3 Å². The van der Waals surface area contributed by atoms with Crippen molar-refractivity contribution in [3.8, 4) is 0 Å². The monoisotopic (exact) mass is 1760 g/mol. The number of carbonyl (C=O) groups is 11. The van der Waals surface area contributed by atoms with Crippen molar-refractivity contribution in [1.29, 1.82) is 0 Å². The van der Waals surface area contributed by atoms with E-state index < -0.39 is 139 Å². The number of allylic oxidation sites excluding steroid dienone is 4. The molecule has 30 heteroatoms. The van der Waals surface area contributed by atoms with Crippen LogP contribution < -0.4 is 53.2 Å². The van der Waals surface area contributed by atoms with Crippen LogP contribution in [-0.2, 0) is 65.5 Å². The van der Waals surface area contributed by atoms with E-state index in [4.69, 9.17) is 4.74 Å². The third-order valence-electron chi connectivity index (χ3n) is 28.5. The molecule has 5 aliphatic carbocycles. The highest BCUT2D eigenvalue weighted by Gasteiger charge is 2.60. The maximum absolute atomic E-state index is 15.6. The van der Waals surface area contributed by atoms with E-state index in [0.29, 0.717) is 79.0 Å². The van der Waals surface area contributed by atoms with Crippen molar-refractivity contribution in [3.63, 3.8) is 0 Å². The number of ketones is 1. The molecule has 22 atom stereocenters. The Balaban J connectivity index is 0.769. The number of ether oxygens (including phenoxy) is 1. The van der Waals surface area contributed by atoms with Crippen LogP contribution in [0.15, 0.2) is 132 Å². The normalized spacial score (nSPS) is 31.0. The lowest BCUT2D eigenvalue weighted by Gasteiger charge is -2.58. The number of benzene rings is 2. The molecule has 6 fully saturated rings. The molecule has 13 N–H and O–H groups in total. The molecule has 10 aliphatic rings. The molecular formula is C95H135N13O15S2. The summed E-state index contributed by atoms with van der Waals surface area (Å²) in [6.45, 7) is 14.4. The SMILES string of the molecule is CC(C)CCCC(C)C1CCC2C3CC=C4C[C@@H](OC(=O)NCCCCC5NCC(=O)C(CC6=CNC7C=CC=CC67)NC(=O)C(Cc6ccccc6)NC(=O)C(NC(=O)C(Cc6ccccc6)NC(=O)C6CCCN6C(=O)C6CCCN6C(=O)C6=CN(C)C=CC6)CSSCC(C(=O)NC(CO)C(C)O)NC(=O)C(C(C)O)NC5=O)CCC4(C)C3CCC12C. The Morgan fingerprint density at radius 3 is 2.14 bits per heavy atom. The van der Waals surface area contributed by atoms with Crippen LogP contribution in [0, 0.1) is 52.3 Å². The topological polar surface area (TPSA) is 388 Å². The number of amides is 10. The third-order valence-corrected chi connectivity index (χ3v) is 30.9. The van der Waals surface area contributed by atoms with Crippen molar-refractivity contribution in [3.05, 3.63) is 144 Å². The number of aliphatic hydroxyl groups excluding tert-OH is 3. The second-order valence-electron chi connectivity index (χ2n) is 37.6. The maximum atomic E-state index is 15.6. The van der Waals surface area contributed by atoms with Crippen LogP contribution in [0.3, 0.4) is 0 Å². The minimum absolute atomic E-state index is 0.0229. The van der Waals surface area contributed by atoms with Crippen LogP contribution in [0.4, 0.5) is 4.79 Å². The van der Waals surface area contributed by atoms with Gasteiger partial charge < -0.3 is 82.6 Å². The van der Waals surface area contributed by atoms with Gasteiger partial charge in [-0.3, -0.25) is 53.3 Å². The number of alkyl carbamates (subject to hydrolysis) is 1. The highest BCUT2D eigenvalue weighted by Crippen LogP contribution is 2.67. The molecular weight excluding hydrogens is 1630 g/mol. The molecule has 5 aliphatic heterocycles. The summed E-state index contributed by atoms with van der Waals surface area (Å²) in [6, 6.07) is 4.21. The van der Waals surface area contributed by atoms with Crippen LogP contribution in [0.5, 0.6) is 0 Å². The van der Waals surface area contributed by atoms with Gasteiger partial charge in [0.2, 0.25) is 47.3 Å². The summed E-state index contributed by atoms with van der Waals surface area (Å²) in [4.78, 5) is 168. The van der Waals surface area contributed by atoms with Gasteiger partial charge in [-0.15, -0.1) is 0 Å². The largest absolute Gasteiger partial charge is 0.446 e. The van der Waals surface area contributed by atoms with Crippen molar-refractivity contribution in [1.82, 2.24) is 67.9 Å². The molecule has 682 valence electrons. The van der Waals surface area contributed by atoms with E-state index in [1.54, 1.807) is 82.9 Å².